The van der Waals surface area contributed by atoms with E-state index in [0.717, 1.165) is 25.1 Å². The maximum atomic E-state index is 11.6. The molecular formula is C16H23N3O. The van der Waals surface area contributed by atoms with Crippen LogP contribution in [0.3, 0.4) is 0 Å². The van der Waals surface area contributed by atoms with E-state index < -0.39 is 0 Å². The Morgan fingerprint density at radius 2 is 1.95 bits per heavy atom. The summed E-state index contributed by atoms with van der Waals surface area (Å²) in [6.07, 6.45) is 4.90. The molecule has 0 spiro atoms. The molecule has 0 radical (unpaired) electrons. The number of carbonyl (C=O) groups excluding carboxylic acids is 1. The van der Waals surface area contributed by atoms with Crippen LogP contribution in [0.5, 0.6) is 0 Å². The van der Waals surface area contributed by atoms with Gasteiger partial charge in [0.25, 0.3) is 5.91 Å². The Bertz CT molecular complexity index is 490. The first-order valence-electron chi connectivity index (χ1n) is 7.60. The summed E-state index contributed by atoms with van der Waals surface area (Å²) in [6, 6.07) is 9.52. The second-order valence-electron chi connectivity index (χ2n) is 5.93. The molecule has 2 unspecified atom stereocenters. The lowest BCUT2D eigenvalue weighted by atomic mass is 9.96. The van der Waals surface area contributed by atoms with Crippen LogP contribution in [0.2, 0.25) is 0 Å². The minimum Gasteiger partial charge on any atom is -0.368 e. The molecule has 2 bridgehead atoms. The Morgan fingerprint density at radius 1 is 1.30 bits per heavy atom. The standard InChI is InChI=1S/C16H23N3O/c1-2-19(13-9-11-7-8-12(10-13)18-11)15-6-4-3-5-14(15)16(17)20/h3-6,11-13,18H,2,7-10H2,1H3,(H2,17,20). The lowest BCUT2D eigenvalue weighted by molar-refractivity contribution is 0.100. The quantitative estimate of drug-likeness (QED) is 0.881. The van der Waals surface area contributed by atoms with E-state index in [0.29, 0.717) is 23.7 Å². The van der Waals surface area contributed by atoms with E-state index in [9.17, 15) is 4.79 Å². The largest absolute Gasteiger partial charge is 0.368 e. The molecule has 108 valence electrons. The number of hydrogen-bond acceptors (Lipinski definition) is 3. The molecule has 2 atom stereocenters. The van der Waals surface area contributed by atoms with Crippen LogP contribution in [-0.2, 0) is 0 Å². The number of piperidine rings is 1. The van der Waals surface area contributed by atoms with Gasteiger partial charge >= 0.3 is 0 Å². The van der Waals surface area contributed by atoms with E-state index in [2.05, 4.69) is 17.1 Å². The van der Waals surface area contributed by atoms with Crippen LogP contribution >= 0.6 is 0 Å². The van der Waals surface area contributed by atoms with Crippen LogP contribution in [0.1, 0.15) is 43.0 Å². The molecule has 1 aromatic rings. The van der Waals surface area contributed by atoms with E-state index >= 15 is 0 Å². The van der Waals surface area contributed by atoms with Crippen molar-refractivity contribution >= 4 is 11.6 Å². The molecule has 2 saturated heterocycles. The zero-order chi connectivity index (χ0) is 14.1. The molecule has 3 rings (SSSR count). The van der Waals surface area contributed by atoms with Crippen molar-refractivity contribution in [3.05, 3.63) is 29.8 Å². The van der Waals surface area contributed by atoms with Crippen LogP contribution in [-0.4, -0.2) is 30.6 Å². The molecule has 3 N–H and O–H groups in total. The third-order valence-electron chi connectivity index (χ3n) is 4.71. The molecule has 1 amide bonds. The first-order chi connectivity index (χ1) is 9.69. The number of nitrogens with one attached hydrogen (secondary N) is 1. The number of anilines is 1. The summed E-state index contributed by atoms with van der Waals surface area (Å²) < 4.78 is 0. The van der Waals surface area contributed by atoms with Gasteiger partial charge in [-0.05, 0) is 44.7 Å². The second-order valence-corrected chi connectivity index (χ2v) is 5.93. The summed E-state index contributed by atoms with van der Waals surface area (Å²) in [5.74, 6) is -0.337. The predicted octanol–water partition coefficient (Wildman–Crippen LogP) is 1.89. The SMILES string of the molecule is CCN(c1ccccc1C(N)=O)C1CC2CCC(C1)N2. The van der Waals surface area contributed by atoms with E-state index in [4.69, 9.17) is 5.73 Å². The highest BCUT2D eigenvalue weighted by Gasteiger charge is 2.36. The first kappa shape index (κ1) is 13.4. The Labute approximate surface area is 120 Å². The van der Waals surface area contributed by atoms with Gasteiger partial charge in [0.1, 0.15) is 0 Å². The summed E-state index contributed by atoms with van der Waals surface area (Å²) in [5.41, 5.74) is 7.16. The van der Waals surface area contributed by atoms with Crippen molar-refractivity contribution in [2.24, 2.45) is 5.73 Å². The highest BCUT2D eigenvalue weighted by Crippen LogP contribution is 2.33. The van der Waals surface area contributed by atoms with Crippen molar-refractivity contribution in [2.75, 3.05) is 11.4 Å². The molecule has 2 aliphatic rings. The molecule has 20 heavy (non-hydrogen) atoms. The van der Waals surface area contributed by atoms with Gasteiger partial charge in [-0.1, -0.05) is 12.1 Å². The van der Waals surface area contributed by atoms with E-state index in [1.165, 1.54) is 12.8 Å². The molecule has 2 heterocycles. The van der Waals surface area contributed by atoms with Gasteiger partial charge in [0.15, 0.2) is 0 Å². The van der Waals surface area contributed by atoms with Gasteiger partial charge in [-0.25, -0.2) is 0 Å². The number of primary amides is 1. The number of amides is 1. The summed E-state index contributed by atoms with van der Waals surface area (Å²) in [4.78, 5) is 14.0. The predicted molar refractivity (Wildman–Crippen MR) is 80.9 cm³/mol. The smallest absolute Gasteiger partial charge is 0.250 e. The monoisotopic (exact) mass is 273 g/mol. The molecule has 4 nitrogen and oxygen atoms in total. The Hall–Kier alpha value is -1.55. The second kappa shape index (κ2) is 5.44. The zero-order valence-corrected chi connectivity index (χ0v) is 12.0. The number of para-hydroxylation sites is 1. The van der Waals surface area contributed by atoms with Crippen LogP contribution in [0, 0.1) is 0 Å². The maximum Gasteiger partial charge on any atom is 0.250 e. The van der Waals surface area contributed by atoms with E-state index in [1.54, 1.807) is 0 Å². The van der Waals surface area contributed by atoms with Gasteiger partial charge in [0, 0.05) is 30.4 Å². The minimum atomic E-state index is -0.337. The fraction of sp³-hybridized carbons (Fsp3) is 0.562. The Kier molecular flexibility index (Phi) is 3.66. The third kappa shape index (κ3) is 2.40. The molecule has 2 aliphatic heterocycles. The average Bonchev–Trinajstić information content (AvgIpc) is 2.79. The fourth-order valence-corrected chi connectivity index (χ4v) is 3.84. The normalized spacial score (nSPS) is 28.4. The molecule has 0 saturated carbocycles. The van der Waals surface area contributed by atoms with Gasteiger partial charge < -0.3 is 16.0 Å². The number of fused-ring (bicyclic) bond motifs is 2. The zero-order valence-electron chi connectivity index (χ0n) is 12.0. The fourth-order valence-electron chi connectivity index (χ4n) is 3.84. The number of carbonyl (C=O) groups is 1. The Balaban J connectivity index is 1.88. The third-order valence-corrected chi connectivity index (χ3v) is 4.71. The van der Waals surface area contributed by atoms with Crippen LogP contribution in [0.4, 0.5) is 5.69 Å². The van der Waals surface area contributed by atoms with Crippen molar-refractivity contribution in [3.63, 3.8) is 0 Å². The number of nitrogens with zero attached hydrogens (tertiary/aromatic N) is 1. The number of benzene rings is 1. The van der Waals surface area contributed by atoms with Crippen LogP contribution in [0.15, 0.2) is 24.3 Å². The van der Waals surface area contributed by atoms with E-state index in [-0.39, 0.29) is 5.91 Å². The summed E-state index contributed by atoms with van der Waals surface area (Å²) in [5, 5.41) is 3.67. The maximum absolute atomic E-state index is 11.6. The summed E-state index contributed by atoms with van der Waals surface area (Å²) in [6.45, 7) is 3.07. The summed E-state index contributed by atoms with van der Waals surface area (Å²) >= 11 is 0. The highest BCUT2D eigenvalue weighted by molar-refractivity contribution is 5.98. The number of rotatable bonds is 4. The van der Waals surface area contributed by atoms with Crippen molar-refractivity contribution in [3.8, 4) is 0 Å². The van der Waals surface area contributed by atoms with Gasteiger partial charge in [-0.15, -0.1) is 0 Å². The molecule has 0 aliphatic carbocycles. The number of nitrogens with two attached hydrogens (primary N) is 1. The van der Waals surface area contributed by atoms with Crippen molar-refractivity contribution in [1.29, 1.82) is 0 Å². The average molecular weight is 273 g/mol. The molecule has 0 aromatic heterocycles. The van der Waals surface area contributed by atoms with Crippen molar-refractivity contribution in [1.82, 2.24) is 5.32 Å². The lowest BCUT2D eigenvalue weighted by Gasteiger charge is -2.39. The molecular weight excluding hydrogens is 250 g/mol. The summed E-state index contributed by atoms with van der Waals surface area (Å²) in [7, 11) is 0. The Morgan fingerprint density at radius 3 is 2.55 bits per heavy atom. The van der Waals surface area contributed by atoms with Gasteiger partial charge in [0.05, 0.1) is 5.56 Å². The number of hydrogen-bond donors (Lipinski definition) is 2. The van der Waals surface area contributed by atoms with Gasteiger partial charge in [0.2, 0.25) is 0 Å². The molecule has 1 aromatic carbocycles. The van der Waals surface area contributed by atoms with E-state index in [1.807, 2.05) is 24.3 Å². The van der Waals surface area contributed by atoms with Crippen molar-refractivity contribution in [2.45, 2.75) is 50.7 Å². The lowest BCUT2D eigenvalue weighted by Crippen LogP contribution is -2.48. The van der Waals surface area contributed by atoms with Crippen molar-refractivity contribution < 1.29 is 4.79 Å². The van der Waals surface area contributed by atoms with Crippen LogP contribution < -0.4 is 16.0 Å². The van der Waals surface area contributed by atoms with Gasteiger partial charge in [-0.2, -0.15) is 0 Å². The van der Waals surface area contributed by atoms with Crippen LogP contribution in [0.25, 0.3) is 0 Å². The topological polar surface area (TPSA) is 58.4 Å². The van der Waals surface area contributed by atoms with Gasteiger partial charge in [-0.3, -0.25) is 4.79 Å². The first-order valence-corrected chi connectivity index (χ1v) is 7.60. The molecule has 4 heteroatoms. The molecule has 2 fully saturated rings. The minimum absolute atomic E-state index is 0.337. The highest BCUT2D eigenvalue weighted by atomic mass is 16.1.